The van der Waals surface area contributed by atoms with Crippen LogP contribution in [0.2, 0.25) is 0 Å². The number of ether oxygens (including phenoxy) is 1. The van der Waals surface area contributed by atoms with Gasteiger partial charge < -0.3 is 10.5 Å². The van der Waals surface area contributed by atoms with Gasteiger partial charge in [0.2, 0.25) is 0 Å². The fourth-order valence-corrected chi connectivity index (χ4v) is 1.85. The lowest BCUT2D eigenvalue weighted by molar-refractivity contribution is 0.0487. The number of hydrogen-bond acceptors (Lipinski definition) is 3. The molecule has 0 saturated carbocycles. The topological polar surface area (TPSA) is 52.3 Å². The average Bonchev–Trinajstić information content (AvgIpc) is 2.22. The lowest BCUT2D eigenvalue weighted by atomic mass is 10.1. The highest BCUT2D eigenvalue weighted by atomic mass is 79.9. The maximum Gasteiger partial charge on any atom is 0.338 e. The van der Waals surface area contributed by atoms with Gasteiger partial charge in [-0.3, -0.25) is 0 Å². The number of esters is 1. The summed E-state index contributed by atoms with van der Waals surface area (Å²) in [5.74, 6) is 0.215. The Kier molecular flexibility index (Phi) is 5.00. The molecule has 1 aromatic rings. The number of hydrogen-bond donors (Lipinski definition) is 1. The van der Waals surface area contributed by atoms with E-state index in [0.29, 0.717) is 23.8 Å². The van der Waals surface area contributed by atoms with E-state index in [4.69, 9.17) is 10.5 Å². The van der Waals surface area contributed by atoms with E-state index in [1.807, 2.05) is 6.92 Å². The first-order chi connectivity index (χ1) is 7.91. The summed E-state index contributed by atoms with van der Waals surface area (Å²) in [4.78, 5) is 11.9. The third kappa shape index (κ3) is 4.04. The third-order valence-electron chi connectivity index (χ3n) is 2.56. The van der Waals surface area contributed by atoms with Crippen molar-refractivity contribution in [2.75, 3.05) is 12.3 Å². The molecule has 0 aliphatic carbocycles. The summed E-state index contributed by atoms with van der Waals surface area (Å²) in [5.41, 5.74) is 7.69. The second-order valence-electron chi connectivity index (χ2n) is 4.49. The molecule has 0 aromatic heterocycles. The van der Waals surface area contributed by atoms with Crippen LogP contribution in [0.4, 0.5) is 5.69 Å². The van der Waals surface area contributed by atoms with Crippen molar-refractivity contribution < 1.29 is 9.53 Å². The molecule has 1 aromatic carbocycles. The van der Waals surface area contributed by atoms with Crippen LogP contribution in [0.1, 0.15) is 36.2 Å². The molecule has 0 spiro atoms. The van der Waals surface area contributed by atoms with Crippen molar-refractivity contribution in [3.8, 4) is 0 Å². The van der Waals surface area contributed by atoms with Gasteiger partial charge in [0.25, 0.3) is 0 Å². The van der Waals surface area contributed by atoms with Gasteiger partial charge in [-0.25, -0.2) is 4.79 Å². The lowest BCUT2D eigenvalue weighted by Crippen LogP contribution is -2.10. The van der Waals surface area contributed by atoms with E-state index in [2.05, 4.69) is 29.8 Å². The van der Waals surface area contributed by atoms with Gasteiger partial charge in [-0.2, -0.15) is 0 Å². The smallest absolute Gasteiger partial charge is 0.338 e. The van der Waals surface area contributed by atoms with Gasteiger partial charge in [-0.15, -0.1) is 0 Å². The third-order valence-corrected chi connectivity index (χ3v) is 3.02. The van der Waals surface area contributed by atoms with Crippen molar-refractivity contribution in [3.05, 3.63) is 27.7 Å². The minimum Gasteiger partial charge on any atom is -0.462 e. The molecule has 94 valence electrons. The molecule has 1 rings (SSSR count). The molecule has 0 fully saturated rings. The number of benzene rings is 1. The highest BCUT2D eigenvalue weighted by molar-refractivity contribution is 9.10. The van der Waals surface area contributed by atoms with Crippen molar-refractivity contribution in [2.24, 2.45) is 5.92 Å². The van der Waals surface area contributed by atoms with E-state index in [-0.39, 0.29) is 5.97 Å². The zero-order valence-corrected chi connectivity index (χ0v) is 12.0. The molecule has 0 bridgehead atoms. The highest BCUT2D eigenvalue weighted by Gasteiger charge is 2.13. The normalized spacial score (nSPS) is 10.6. The lowest BCUT2D eigenvalue weighted by Gasteiger charge is -2.10. The predicted molar refractivity (Wildman–Crippen MR) is 73.0 cm³/mol. The molecule has 0 amide bonds. The van der Waals surface area contributed by atoms with Gasteiger partial charge in [0.15, 0.2) is 0 Å². The molecule has 0 aliphatic heterocycles. The summed E-state index contributed by atoms with van der Waals surface area (Å²) >= 11 is 3.32. The standard InChI is InChI=1S/C13H18BrNO2/c1-8(2)4-5-17-13(16)11-6-10(14)7-12(15)9(11)3/h6-8H,4-5,15H2,1-3H3. The number of nitrogens with two attached hydrogens (primary N) is 1. The number of carbonyl (C=O) groups excluding carboxylic acids is 1. The SMILES string of the molecule is Cc1c(N)cc(Br)cc1C(=O)OCCC(C)C. The summed E-state index contributed by atoms with van der Waals surface area (Å²) in [6.45, 7) is 6.45. The Bertz CT molecular complexity index is 416. The Balaban J connectivity index is 2.75. The van der Waals surface area contributed by atoms with Crippen LogP contribution in [0.3, 0.4) is 0 Å². The molecule has 4 heteroatoms. The van der Waals surface area contributed by atoms with Crippen molar-refractivity contribution in [2.45, 2.75) is 27.2 Å². The molecule has 17 heavy (non-hydrogen) atoms. The fourth-order valence-electron chi connectivity index (χ4n) is 1.38. The van der Waals surface area contributed by atoms with Crippen LogP contribution in [0.5, 0.6) is 0 Å². The zero-order chi connectivity index (χ0) is 13.0. The molecule has 0 radical (unpaired) electrons. The van der Waals surface area contributed by atoms with E-state index < -0.39 is 0 Å². The average molecular weight is 300 g/mol. The van der Waals surface area contributed by atoms with Crippen LogP contribution in [0.25, 0.3) is 0 Å². The molecule has 3 nitrogen and oxygen atoms in total. The summed E-state index contributed by atoms with van der Waals surface area (Å²) in [5, 5.41) is 0. The Labute approximate surface area is 110 Å². The first kappa shape index (κ1) is 14.0. The van der Waals surface area contributed by atoms with Crippen molar-refractivity contribution in [1.29, 1.82) is 0 Å². The molecular formula is C13H18BrNO2. The Morgan fingerprint density at radius 3 is 2.71 bits per heavy atom. The Hall–Kier alpha value is -1.03. The van der Waals surface area contributed by atoms with Gasteiger partial charge >= 0.3 is 5.97 Å². The first-order valence-electron chi connectivity index (χ1n) is 5.64. The summed E-state index contributed by atoms with van der Waals surface area (Å²) in [7, 11) is 0. The van der Waals surface area contributed by atoms with Gasteiger partial charge in [-0.05, 0) is 37.0 Å². The minimum absolute atomic E-state index is 0.309. The molecule has 0 saturated heterocycles. The quantitative estimate of drug-likeness (QED) is 0.683. The van der Waals surface area contributed by atoms with Gasteiger partial charge in [-0.1, -0.05) is 29.8 Å². The van der Waals surface area contributed by atoms with Crippen LogP contribution in [-0.2, 0) is 4.74 Å². The van der Waals surface area contributed by atoms with E-state index >= 15 is 0 Å². The molecule has 0 atom stereocenters. The molecule has 0 unspecified atom stereocenters. The van der Waals surface area contributed by atoms with E-state index in [1.165, 1.54) is 0 Å². The zero-order valence-electron chi connectivity index (χ0n) is 10.4. The summed E-state index contributed by atoms with van der Waals surface area (Å²) in [6.07, 6.45) is 0.869. The highest BCUT2D eigenvalue weighted by Crippen LogP contribution is 2.23. The first-order valence-corrected chi connectivity index (χ1v) is 6.44. The summed E-state index contributed by atoms with van der Waals surface area (Å²) < 4.78 is 6.00. The minimum atomic E-state index is -0.309. The summed E-state index contributed by atoms with van der Waals surface area (Å²) in [6, 6.07) is 3.52. The molecule has 0 aliphatic rings. The van der Waals surface area contributed by atoms with Gasteiger partial charge in [0, 0.05) is 10.2 Å². The monoisotopic (exact) mass is 299 g/mol. The Morgan fingerprint density at radius 2 is 2.12 bits per heavy atom. The second-order valence-corrected chi connectivity index (χ2v) is 5.40. The molecule has 2 N–H and O–H groups in total. The van der Waals surface area contributed by atoms with Crippen molar-refractivity contribution >= 4 is 27.6 Å². The fraction of sp³-hybridized carbons (Fsp3) is 0.462. The number of carbonyl (C=O) groups is 1. The van der Waals surface area contributed by atoms with Crippen molar-refractivity contribution in [3.63, 3.8) is 0 Å². The van der Waals surface area contributed by atoms with Crippen molar-refractivity contribution in [1.82, 2.24) is 0 Å². The van der Waals surface area contributed by atoms with Gasteiger partial charge in [0.05, 0.1) is 12.2 Å². The van der Waals surface area contributed by atoms with E-state index in [0.717, 1.165) is 16.5 Å². The maximum atomic E-state index is 11.9. The molecule has 0 heterocycles. The van der Waals surface area contributed by atoms with Crippen LogP contribution in [0, 0.1) is 12.8 Å². The molecular weight excluding hydrogens is 282 g/mol. The van der Waals surface area contributed by atoms with E-state index in [9.17, 15) is 4.79 Å². The van der Waals surface area contributed by atoms with Gasteiger partial charge in [0.1, 0.15) is 0 Å². The van der Waals surface area contributed by atoms with Crippen LogP contribution >= 0.6 is 15.9 Å². The maximum absolute atomic E-state index is 11.9. The Morgan fingerprint density at radius 1 is 1.47 bits per heavy atom. The number of rotatable bonds is 4. The number of halogens is 1. The van der Waals surface area contributed by atoms with Crippen LogP contribution in [0.15, 0.2) is 16.6 Å². The second kappa shape index (κ2) is 6.05. The largest absolute Gasteiger partial charge is 0.462 e. The van der Waals surface area contributed by atoms with E-state index in [1.54, 1.807) is 12.1 Å². The number of anilines is 1. The number of nitrogen functional groups attached to an aromatic ring is 1. The predicted octanol–water partition coefficient (Wildman–Crippen LogP) is 3.54. The van der Waals surface area contributed by atoms with Crippen LogP contribution < -0.4 is 5.73 Å². The van der Waals surface area contributed by atoms with Crippen LogP contribution in [-0.4, -0.2) is 12.6 Å².